The van der Waals surface area contributed by atoms with E-state index < -0.39 is 11.8 Å². The van der Waals surface area contributed by atoms with Crippen molar-refractivity contribution in [3.63, 3.8) is 0 Å². The number of fused-ring (bicyclic) bond motifs is 1. The lowest BCUT2D eigenvalue weighted by atomic mass is 10.1. The Morgan fingerprint density at radius 1 is 1.09 bits per heavy atom. The molecular weight excluding hydrogens is 450 g/mol. The summed E-state index contributed by atoms with van der Waals surface area (Å²) in [4.78, 5) is 39.3. The van der Waals surface area contributed by atoms with Crippen molar-refractivity contribution < 1.29 is 19.1 Å². The Kier molecular flexibility index (Phi) is 6.12. The standard InChI is InChI=1S/C24H18ClNO5S/c1-3-31-24(29)18-13-19(21(27)15-6-8-16(25)9-7-15)26-22(28)20(32-23(18)26)12-14-4-10-17(30-2)11-5-14/h4-13H,3H2,1-2H3/b20-12-. The van der Waals surface area contributed by atoms with Crippen LogP contribution in [0.1, 0.15) is 38.9 Å². The molecule has 0 saturated carbocycles. The second-order valence-corrected chi connectivity index (χ2v) is 8.30. The van der Waals surface area contributed by atoms with E-state index in [1.165, 1.54) is 10.5 Å². The molecule has 0 spiro atoms. The summed E-state index contributed by atoms with van der Waals surface area (Å²) < 4.78 is 12.0. The van der Waals surface area contributed by atoms with Crippen LogP contribution in [0.4, 0.5) is 0 Å². The zero-order valence-corrected chi connectivity index (χ0v) is 18.8. The van der Waals surface area contributed by atoms with E-state index in [-0.39, 0.29) is 23.4 Å². The number of hydrogen-bond acceptors (Lipinski definition) is 6. The zero-order chi connectivity index (χ0) is 22.8. The number of thiazole rings is 1. The van der Waals surface area contributed by atoms with E-state index in [2.05, 4.69) is 0 Å². The minimum atomic E-state index is -0.586. The van der Waals surface area contributed by atoms with Gasteiger partial charge in [0.05, 0.1) is 29.5 Å². The van der Waals surface area contributed by atoms with E-state index in [9.17, 15) is 14.4 Å². The SMILES string of the molecule is CCOC(=O)c1cc(C(=O)c2ccc(Cl)cc2)n2c(=O)/c(=C/c3ccc(OC)cc3)sc12. The number of methoxy groups -OCH3 is 1. The molecule has 0 atom stereocenters. The van der Waals surface area contributed by atoms with Gasteiger partial charge in [0.25, 0.3) is 5.56 Å². The number of esters is 1. The van der Waals surface area contributed by atoms with E-state index in [1.807, 2.05) is 12.1 Å². The number of ether oxygens (including phenoxy) is 2. The van der Waals surface area contributed by atoms with Gasteiger partial charge in [0.15, 0.2) is 0 Å². The van der Waals surface area contributed by atoms with Gasteiger partial charge in [0.1, 0.15) is 10.6 Å². The molecule has 0 aliphatic heterocycles. The lowest BCUT2D eigenvalue weighted by molar-refractivity contribution is 0.0529. The van der Waals surface area contributed by atoms with E-state index in [0.29, 0.717) is 25.7 Å². The Balaban J connectivity index is 1.91. The molecule has 0 N–H and O–H groups in total. The van der Waals surface area contributed by atoms with Gasteiger partial charge >= 0.3 is 5.97 Å². The molecule has 8 heteroatoms. The molecule has 0 bridgehead atoms. The van der Waals surface area contributed by atoms with Gasteiger partial charge in [0.2, 0.25) is 5.78 Å². The van der Waals surface area contributed by atoms with Crippen molar-refractivity contribution in [1.82, 2.24) is 4.40 Å². The van der Waals surface area contributed by atoms with E-state index in [1.54, 1.807) is 56.5 Å². The van der Waals surface area contributed by atoms with Gasteiger partial charge in [-0.15, -0.1) is 11.3 Å². The highest BCUT2D eigenvalue weighted by Crippen LogP contribution is 2.22. The Hall–Kier alpha value is -3.42. The van der Waals surface area contributed by atoms with Crippen molar-refractivity contribution in [2.45, 2.75) is 6.92 Å². The van der Waals surface area contributed by atoms with Crippen LogP contribution in [0.3, 0.4) is 0 Å². The summed E-state index contributed by atoms with van der Waals surface area (Å²) in [6.45, 7) is 1.87. The lowest BCUT2D eigenvalue weighted by Crippen LogP contribution is -2.25. The van der Waals surface area contributed by atoms with Crippen molar-refractivity contribution >= 4 is 45.6 Å². The number of ketones is 1. The molecule has 0 aliphatic rings. The highest BCUT2D eigenvalue weighted by atomic mass is 35.5. The van der Waals surface area contributed by atoms with Crippen LogP contribution in [-0.2, 0) is 4.74 Å². The highest BCUT2D eigenvalue weighted by molar-refractivity contribution is 7.15. The molecule has 162 valence electrons. The fourth-order valence-electron chi connectivity index (χ4n) is 3.27. The topological polar surface area (TPSA) is 74.1 Å². The molecular formula is C24H18ClNO5S. The Morgan fingerprint density at radius 2 is 1.78 bits per heavy atom. The first-order chi connectivity index (χ1) is 15.4. The Morgan fingerprint density at radius 3 is 2.41 bits per heavy atom. The number of halogens is 1. The third-order valence-electron chi connectivity index (χ3n) is 4.82. The van der Waals surface area contributed by atoms with Gasteiger partial charge in [-0.05, 0) is 61.0 Å². The van der Waals surface area contributed by atoms with Crippen molar-refractivity contribution in [2.75, 3.05) is 13.7 Å². The molecule has 32 heavy (non-hydrogen) atoms. The van der Waals surface area contributed by atoms with Gasteiger partial charge in [-0.25, -0.2) is 4.79 Å². The summed E-state index contributed by atoms with van der Waals surface area (Å²) in [6, 6.07) is 15.0. The lowest BCUT2D eigenvalue weighted by Gasteiger charge is -2.00. The molecule has 0 aliphatic carbocycles. The fraction of sp³-hybridized carbons (Fsp3) is 0.125. The predicted octanol–water partition coefficient (Wildman–Crippen LogP) is 3.98. The largest absolute Gasteiger partial charge is 0.497 e. The van der Waals surface area contributed by atoms with Gasteiger partial charge in [-0.2, -0.15) is 0 Å². The fourth-order valence-corrected chi connectivity index (χ4v) is 4.50. The van der Waals surface area contributed by atoms with Gasteiger partial charge in [0, 0.05) is 10.6 Å². The summed E-state index contributed by atoms with van der Waals surface area (Å²) in [5, 5.41) is 0.491. The minimum absolute atomic E-state index is 0.0982. The van der Waals surface area contributed by atoms with Crippen LogP contribution < -0.4 is 14.8 Å². The molecule has 4 rings (SSSR count). The maximum atomic E-state index is 13.3. The molecule has 2 aromatic carbocycles. The van der Waals surface area contributed by atoms with Crippen LogP contribution in [0.25, 0.3) is 10.9 Å². The number of carbonyl (C=O) groups excluding carboxylic acids is 2. The number of rotatable bonds is 6. The number of carbonyl (C=O) groups is 2. The normalized spacial score (nSPS) is 11.7. The van der Waals surface area contributed by atoms with Crippen LogP contribution in [0.15, 0.2) is 59.4 Å². The molecule has 0 radical (unpaired) electrons. The Bertz CT molecular complexity index is 1420. The summed E-state index contributed by atoms with van der Waals surface area (Å²) in [7, 11) is 1.58. The van der Waals surface area contributed by atoms with E-state index in [0.717, 1.165) is 16.9 Å². The third-order valence-corrected chi connectivity index (χ3v) is 6.18. The summed E-state index contributed by atoms with van der Waals surface area (Å²) in [6.07, 6.45) is 1.71. The zero-order valence-electron chi connectivity index (χ0n) is 17.3. The number of aromatic nitrogens is 1. The average molecular weight is 468 g/mol. The van der Waals surface area contributed by atoms with E-state index in [4.69, 9.17) is 21.1 Å². The third kappa shape index (κ3) is 4.04. The van der Waals surface area contributed by atoms with Crippen LogP contribution in [-0.4, -0.2) is 29.9 Å². The highest BCUT2D eigenvalue weighted by Gasteiger charge is 2.25. The second-order valence-electron chi connectivity index (χ2n) is 6.83. The number of hydrogen-bond donors (Lipinski definition) is 0. The second kappa shape index (κ2) is 8.98. The summed E-state index contributed by atoms with van der Waals surface area (Å²) >= 11 is 7.06. The van der Waals surface area contributed by atoms with Crippen LogP contribution in [0.2, 0.25) is 5.02 Å². The summed E-state index contributed by atoms with van der Waals surface area (Å²) in [5.41, 5.74) is 1.04. The molecule has 6 nitrogen and oxygen atoms in total. The van der Waals surface area contributed by atoms with Gasteiger partial charge < -0.3 is 9.47 Å². The first-order valence-electron chi connectivity index (χ1n) is 9.74. The van der Waals surface area contributed by atoms with Crippen LogP contribution >= 0.6 is 22.9 Å². The quantitative estimate of drug-likeness (QED) is 0.317. The molecule has 4 aromatic rings. The number of benzene rings is 2. The maximum absolute atomic E-state index is 13.3. The monoisotopic (exact) mass is 467 g/mol. The smallest absolute Gasteiger partial charge is 0.341 e. The number of nitrogens with zero attached hydrogens (tertiary/aromatic N) is 1. The van der Waals surface area contributed by atoms with Gasteiger partial charge in [-0.3, -0.25) is 14.0 Å². The van der Waals surface area contributed by atoms with Gasteiger partial charge in [-0.1, -0.05) is 23.7 Å². The molecule has 0 saturated heterocycles. The minimum Gasteiger partial charge on any atom is -0.497 e. The van der Waals surface area contributed by atoms with Crippen molar-refractivity contribution in [1.29, 1.82) is 0 Å². The molecule has 2 heterocycles. The predicted molar refractivity (Wildman–Crippen MR) is 124 cm³/mol. The molecule has 0 amide bonds. The Labute approximate surface area is 192 Å². The van der Waals surface area contributed by atoms with Crippen molar-refractivity contribution in [3.8, 4) is 5.75 Å². The molecule has 2 aromatic heterocycles. The van der Waals surface area contributed by atoms with E-state index >= 15 is 0 Å². The van der Waals surface area contributed by atoms with Crippen LogP contribution in [0, 0.1) is 0 Å². The van der Waals surface area contributed by atoms with Crippen molar-refractivity contribution in [2.24, 2.45) is 0 Å². The molecule has 0 fully saturated rings. The summed E-state index contributed by atoms with van der Waals surface area (Å²) in [5.74, 6) is -0.278. The van der Waals surface area contributed by atoms with Crippen LogP contribution in [0.5, 0.6) is 5.75 Å². The average Bonchev–Trinajstić information content (AvgIpc) is 3.32. The first kappa shape index (κ1) is 21.8. The first-order valence-corrected chi connectivity index (χ1v) is 10.9. The maximum Gasteiger partial charge on any atom is 0.341 e. The van der Waals surface area contributed by atoms with Crippen molar-refractivity contribution in [3.05, 3.63) is 96.9 Å². The molecule has 0 unspecified atom stereocenters.